The molecular formula is C23H32IN3O3. The molecule has 164 valence electrons. The molecule has 0 heterocycles. The Labute approximate surface area is 196 Å². The van der Waals surface area contributed by atoms with Gasteiger partial charge in [-0.2, -0.15) is 0 Å². The van der Waals surface area contributed by atoms with Crippen LogP contribution in [0.25, 0.3) is 0 Å². The molecule has 1 saturated carbocycles. The van der Waals surface area contributed by atoms with Gasteiger partial charge in [0, 0.05) is 5.69 Å². The van der Waals surface area contributed by atoms with Gasteiger partial charge in [0.25, 0.3) is 0 Å². The van der Waals surface area contributed by atoms with Crippen molar-refractivity contribution < 1.29 is 14.2 Å². The minimum absolute atomic E-state index is 0. The second-order valence-electron chi connectivity index (χ2n) is 7.53. The van der Waals surface area contributed by atoms with E-state index in [9.17, 15) is 0 Å². The Morgan fingerprint density at radius 2 is 1.80 bits per heavy atom. The first-order chi connectivity index (χ1) is 14.0. The number of nitrogens with one attached hydrogen (secondary N) is 1. The van der Waals surface area contributed by atoms with Crippen LogP contribution in [0.3, 0.4) is 0 Å². The molecule has 2 aromatic rings. The number of hydrogen-bond donors (Lipinski definition) is 2. The molecule has 0 spiro atoms. The fraction of sp³-hybridized carbons (Fsp3) is 0.435. The average molecular weight is 525 g/mol. The molecule has 0 amide bonds. The molecule has 6 nitrogen and oxygen atoms in total. The van der Waals surface area contributed by atoms with Crippen LogP contribution in [0.15, 0.2) is 47.5 Å². The Morgan fingerprint density at radius 3 is 2.43 bits per heavy atom. The molecule has 0 bridgehead atoms. The van der Waals surface area contributed by atoms with Crippen molar-refractivity contribution in [3.05, 3.63) is 48.0 Å². The number of nitrogens with two attached hydrogens (primary N) is 1. The standard InChI is InChI=1S/C23H31N3O3.HI/c1-16(2)28-20-11-9-18(10-12-20)26-23(24)25-15-17-8-13-21(27-3)22(14-17)29-19-6-4-5-7-19;/h8-14,16,19H,4-7,15H2,1-3H3,(H3,24,25,26);1H. The average Bonchev–Trinajstić information content (AvgIpc) is 3.21. The third-order valence-electron chi connectivity index (χ3n) is 4.75. The first-order valence-corrected chi connectivity index (χ1v) is 10.2. The lowest BCUT2D eigenvalue weighted by Gasteiger charge is -2.16. The number of methoxy groups -OCH3 is 1. The lowest BCUT2D eigenvalue weighted by molar-refractivity contribution is 0.200. The first kappa shape index (κ1) is 24.1. The number of rotatable bonds is 8. The molecule has 0 aromatic heterocycles. The predicted molar refractivity (Wildman–Crippen MR) is 132 cm³/mol. The molecule has 30 heavy (non-hydrogen) atoms. The van der Waals surface area contributed by atoms with Gasteiger partial charge in [0.05, 0.1) is 25.9 Å². The molecule has 0 aliphatic heterocycles. The molecule has 0 saturated heterocycles. The van der Waals surface area contributed by atoms with Crippen molar-refractivity contribution in [2.45, 2.75) is 58.3 Å². The van der Waals surface area contributed by atoms with Crippen LogP contribution in [0.5, 0.6) is 17.2 Å². The minimum atomic E-state index is 0. The number of nitrogens with zero attached hydrogens (tertiary/aromatic N) is 1. The van der Waals surface area contributed by atoms with Gasteiger partial charge < -0.3 is 25.3 Å². The summed E-state index contributed by atoms with van der Waals surface area (Å²) >= 11 is 0. The number of benzene rings is 2. The van der Waals surface area contributed by atoms with Gasteiger partial charge in [-0.25, -0.2) is 4.99 Å². The largest absolute Gasteiger partial charge is 0.493 e. The number of anilines is 1. The Bertz CT molecular complexity index is 819. The van der Waals surface area contributed by atoms with E-state index in [-0.39, 0.29) is 36.2 Å². The van der Waals surface area contributed by atoms with E-state index in [1.54, 1.807) is 7.11 Å². The SMILES string of the molecule is COc1ccc(CN=C(N)Nc2ccc(OC(C)C)cc2)cc1OC1CCCC1.I. The number of guanidine groups is 1. The van der Waals surface area contributed by atoms with E-state index in [0.29, 0.717) is 12.5 Å². The highest BCUT2D eigenvalue weighted by Gasteiger charge is 2.18. The van der Waals surface area contributed by atoms with Crippen molar-refractivity contribution in [3.8, 4) is 17.2 Å². The van der Waals surface area contributed by atoms with E-state index in [1.807, 2.05) is 56.3 Å². The minimum Gasteiger partial charge on any atom is -0.493 e. The lowest BCUT2D eigenvalue weighted by atomic mass is 10.2. The van der Waals surface area contributed by atoms with Crippen molar-refractivity contribution in [2.24, 2.45) is 10.7 Å². The van der Waals surface area contributed by atoms with Crippen LogP contribution in [-0.4, -0.2) is 25.3 Å². The molecule has 1 aliphatic rings. The van der Waals surface area contributed by atoms with Gasteiger partial charge in [-0.05, 0) is 81.5 Å². The summed E-state index contributed by atoms with van der Waals surface area (Å²) in [6, 6.07) is 13.5. The number of aliphatic imine (C=N–C) groups is 1. The van der Waals surface area contributed by atoms with Gasteiger partial charge >= 0.3 is 0 Å². The molecule has 3 N–H and O–H groups in total. The van der Waals surface area contributed by atoms with E-state index in [2.05, 4.69) is 10.3 Å². The number of hydrogen-bond acceptors (Lipinski definition) is 4. The molecule has 3 rings (SSSR count). The molecular weight excluding hydrogens is 493 g/mol. The summed E-state index contributed by atoms with van der Waals surface area (Å²) in [5.41, 5.74) is 7.93. The zero-order valence-corrected chi connectivity index (χ0v) is 20.2. The van der Waals surface area contributed by atoms with Crippen molar-refractivity contribution in [3.63, 3.8) is 0 Å². The van der Waals surface area contributed by atoms with E-state index in [0.717, 1.165) is 41.3 Å². The summed E-state index contributed by atoms with van der Waals surface area (Å²) < 4.78 is 17.2. The van der Waals surface area contributed by atoms with E-state index >= 15 is 0 Å². The predicted octanol–water partition coefficient (Wildman–Crippen LogP) is 5.35. The number of halogens is 1. The third-order valence-corrected chi connectivity index (χ3v) is 4.75. The first-order valence-electron chi connectivity index (χ1n) is 10.2. The van der Waals surface area contributed by atoms with E-state index in [4.69, 9.17) is 19.9 Å². The highest BCUT2D eigenvalue weighted by molar-refractivity contribution is 14.0. The Hall–Kier alpha value is -2.16. The van der Waals surface area contributed by atoms with Crippen LogP contribution in [0.2, 0.25) is 0 Å². The highest BCUT2D eigenvalue weighted by atomic mass is 127. The summed E-state index contributed by atoms with van der Waals surface area (Å²) in [5, 5.41) is 3.10. The monoisotopic (exact) mass is 525 g/mol. The van der Waals surface area contributed by atoms with Crippen LogP contribution >= 0.6 is 24.0 Å². The van der Waals surface area contributed by atoms with Gasteiger partial charge in [-0.15, -0.1) is 24.0 Å². The van der Waals surface area contributed by atoms with Crippen molar-refractivity contribution in [2.75, 3.05) is 12.4 Å². The maximum Gasteiger partial charge on any atom is 0.193 e. The maximum atomic E-state index is 6.15. The summed E-state index contributed by atoms with van der Waals surface area (Å²) in [5.74, 6) is 2.71. The van der Waals surface area contributed by atoms with Gasteiger partial charge in [0.2, 0.25) is 0 Å². The zero-order valence-electron chi connectivity index (χ0n) is 17.9. The summed E-state index contributed by atoms with van der Waals surface area (Å²) in [7, 11) is 1.66. The van der Waals surface area contributed by atoms with Crippen LogP contribution in [0, 0.1) is 0 Å². The van der Waals surface area contributed by atoms with Gasteiger partial charge in [-0.1, -0.05) is 6.07 Å². The van der Waals surface area contributed by atoms with Crippen molar-refractivity contribution in [1.29, 1.82) is 0 Å². The van der Waals surface area contributed by atoms with Crippen LogP contribution in [0.1, 0.15) is 45.1 Å². The van der Waals surface area contributed by atoms with Crippen LogP contribution in [-0.2, 0) is 6.54 Å². The topological polar surface area (TPSA) is 78.1 Å². The van der Waals surface area contributed by atoms with E-state index < -0.39 is 0 Å². The Balaban J connectivity index is 0.00000320. The molecule has 2 aromatic carbocycles. The third kappa shape index (κ3) is 7.27. The molecule has 0 radical (unpaired) electrons. The fourth-order valence-corrected chi connectivity index (χ4v) is 3.35. The van der Waals surface area contributed by atoms with Crippen molar-refractivity contribution >= 4 is 35.6 Å². The van der Waals surface area contributed by atoms with Gasteiger partial charge in [-0.3, -0.25) is 0 Å². The van der Waals surface area contributed by atoms with Gasteiger partial charge in [0.1, 0.15) is 5.75 Å². The molecule has 1 fully saturated rings. The second kappa shape index (κ2) is 11.9. The molecule has 0 atom stereocenters. The van der Waals surface area contributed by atoms with Crippen LogP contribution in [0.4, 0.5) is 5.69 Å². The second-order valence-corrected chi connectivity index (χ2v) is 7.53. The van der Waals surface area contributed by atoms with Gasteiger partial charge in [0.15, 0.2) is 17.5 Å². The summed E-state index contributed by atoms with van der Waals surface area (Å²) in [6.07, 6.45) is 5.07. The molecule has 1 aliphatic carbocycles. The Kier molecular flexibility index (Phi) is 9.55. The van der Waals surface area contributed by atoms with Crippen molar-refractivity contribution in [1.82, 2.24) is 0 Å². The highest BCUT2D eigenvalue weighted by Crippen LogP contribution is 2.32. The summed E-state index contributed by atoms with van der Waals surface area (Å²) in [4.78, 5) is 4.44. The van der Waals surface area contributed by atoms with Crippen LogP contribution < -0.4 is 25.3 Å². The normalized spacial score (nSPS) is 14.3. The quantitative estimate of drug-likeness (QED) is 0.276. The fourth-order valence-electron chi connectivity index (χ4n) is 3.35. The Morgan fingerprint density at radius 1 is 1.10 bits per heavy atom. The zero-order chi connectivity index (χ0) is 20.6. The van der Waals surface area contributed by atoms with E-state index in [1.165, 1.54) is 12.8 Å². The lowest BCUT2D eigenvalue weighted by Crippen LogP contribution is -2.22. The summed E-state index contributed by atoms with van der Waals surface area (Å²) in [6.45, 7) is 4.46. The molecule has 7 heteroatoms. The molecule has 0 unspecified atom stereocenters. The maximum absolute atomic E-state index is 6.15. The number of ether oxygens (including phenoxy) is 3. The smallest absolute Gasteiger partial charge is 0.193 e.